The zero-order valence-electron chi connectivity index (χ0n) is 48.2. The molecule has 0 aliphatic heterocycles. The summed E-state index contributed by atoms with van der Waals surface area (Å²) >= 11 is 0. The van der Waals surface area contributed by atoms with E-state index in [0.717, 1.165) is 0 Å². The Morgan fingerprint density at radius 3 is 0.862 bits per heavy atom. The Kier molecular flexibility index (Phi) is 14.4. The number of hydrogen-bond donors (Lipinski definition) is 0. The van der Waals surface area contributed by atoms with Gasteiger partial charge in [-0.1, -0.05) is 66.7 Å². The summed E-state index contributed by atoms with van der Waals surface area (Å²) < 4.78 is 94.6. The fraction of sp³-hybridized carbons (Fsp3) is 0.0260. The van der Waals surface area contributed by atoms with Gasteiger partial charge in [0.05, 0.1) is 149 Å². The van der Waals surface area contributed by atoms with Crippen molar-refractivity contribution < 1.29 is 26.3 Å². The molecule has 0 unspecified atom stereocenters. The molecule has 0 fully saturated rings. The smallest absolute Gasteiger partial charge is 0.309 e. The molecule has 0 atom stereocenters. The topological polar surface area (TPSA) is 224 Å². The molecule has 0 aliphatic carbocycles. The Bertz CT molecular complexity index is 5620. The molecular formula is C77H33F6N11. The number of nitrogens with zero attached hydrogens (tertiary/aromatic N) is 11. The van der Waals surface area contributed by atoms with Crippen LogP contribution in [0.15, 0.2) is 200 Å². The van der Waals surface area contributed by atoms with E-state index in [9.17, 15) is 47.4 Å². The van der Waals surface area contributed by atoms with Crippen LogP contribution < -0.4 is 0 Å². The molecule has 0 amide bonds. The van der Waals surface area contributed by atoms with Crippen molar-refractivity contribution in [3.63, 3.8) is 0 Å². The molecule has 13 rings (SSSR count). The number of halogens is 6. The summed E-state index contributed by atoms with van der Waals surface area (Å²) in [4.78, 5) is 0. The Morgan fingerprint density at radius 1 is 0.255 bits per heavy atom. The minimum atomic E-state index is -5.29. The third kappa shape index (κ3) is 9.92. The molecular weight excluding hydrogens is 1190 g/mol. The van der Waals surface area contributed by atoms with E-state index in [1.54, 1.807) is 132 Å². The van der Waals surface area contributed by atoms with Gasteiger partial charge in [-0.15, -0.1) is 0 Å². The normalized spacial score (nSPS) is 11.2. The van der Waals surface area contributed by atoms with Crippen LogP contribution >= 0.6 is 0 Å². The van der Waals surface area contributed by atoms with Crippen molar-refractivity contribution in [1.82, 2.24) is 9.13 Å². The summed E-state index contributed by atoms with van der Waals surface area (Å²) in [5.74, 6) is 0. The van der Waals surface area contributed by atoms with Crippen LogP contribution in [0.3, 0.4) is 0 Å². The van der Waals surface area contributed by atoms with E-state index in [2.05, 4.69) is 54.6 Å². The van der Waals surface area contributed by atoms with Gasteiger partial charge in [-0.05, 0) is 189 Å². The highest BCUT2D eigenvalue weighted by molar-refractivity contribution is 6.15. The fourth-order valence-corrected chi connectivity index (χ4v) is 12.5. The summed E-state index contributed by atoms with van der Waals surface area (Å²) in [6, 6.07) is 69.7. The predicted octanol–water partition coefficient (Wildman–Crippen LogP) is 18.8. The molecule has 438 valence electrons. The number of fused-ring (bicyclic) bond motifs is 6. The number of nitriles is 9. The second kappa shape index (κ2) is 22.9. The minimum absolute atomic E-state index is 0.00231. The van der Waals surface area contributed by atoms with Gasteiger partial charge in [0.1, 0.15) is 0 Å². The average Bonchev–Trinajstić information content (AvgIpc) is 1.52. The second-order valence-electron chi connectivity index (χ2n) is 21.8. The van der Waals surface area contributed by atoms with Crippen molar-refractivity contribution >= 4 is 43.6 Å². The third-order valence-corrected chi connectivity index (χ3v) is 16.7. The molecule has 2 heterocycles. The number of alkyl halides is 6. The second-order valence-corrected chi connectivity index (χ2v) is 21.8. The number of aromatic nitrogens is 2. The molecule has 0 aliphatic rings. The largest absolute Gasteiger partial charge is 0.416 e. The molecule has 0 radical (unpaired) electrons. The maximum Gasteiger partial charge on any atom is 0.416 e. The first kappa shape index (κ1) is 59.0. The van der Waals surface area contributed by atoms with Crippen LogP contribution in [0.4, 0.5) is 26.3 Å². The van der Waals surface area contributed by atoms with Gasteiger partial charge < -0.3 is 9.13 Å². The predicted molar refractivity (Wildman–Crippen MR) is 340 cm³/mol. The lowest BCUT2D eigenvalue weighted by Gasteiger charge is -2.23. The van der Waals surface area contributed by atoms with Gasteiger partial charge in [0.15, 0.2) is 0 Å². The van der Waals surface area contributed by atoms with Crippen molar-refractivity contribution in [2.24, 2.45) is 0 Å². The van der Waals surface area contributed by atoms with Crippen LogP contribution in [0, 0.1) is 102 Å². The highest BCUT2D eigenvalue weighted by atomic mass is 19.4. The van der Waals surface area contributed by atoms with Crippen LogP contribution in [0.25, 0.3) is 122 Å². The number of hydrogen-bond acceptors (Lipinski definition) is 9. The van der Waals surface area contributed by atoms with Gasteiger partial charge >= 0.3 is 12.4 Å². The highest BCUT2D eigenvalue weighted by Crippen LogP contribution is 2.50. The molecule has 0 saturated carbocycles. The van der Waals surface area contributed by atoms with E-state index in [0.29, 0.717) is 100 Å². The van der Waals surface area contributed by atoms with E-state index < -0.39 is 29.0 Å². The highest BCUT2D eigenvalue weighted by Gasteiger charge is 2.38. The third-order valence-electron chi connectivity index (χ3n) is 16.7. The summed E-state index contributed by atoms with van der Waals surface area (Å²) in [5.41, 5.74) is 3.95. The van der Waals surface area contributed by atoms with Crippen molar-refractivity contribution in [3.8, 4) is 133 Å². The lowest BCUT2D eigenvalue weighted by Crippen LogP contribution is -2.11. The molecule has 0 spiro atoms. The Balaban J connectivity index is 1.18. The lowest BCUT2D eigenvalue weighted by molar-refractivity contribution is -0.143. The van der Waals surface area contributed by atoms with Crippen LogP contribution in [-0.2, 0) is 12.4 Å². The SMILES string of the molecule is N#Cc1ccc(-c2ccc3c(c2)c2cc(-c4ccc(C#N)cc4C#N)ccc2n3-c2cccc(C#N)c2-c2c(-c3cc(C(F)(F)F)cc(C(F)(F)F)c3)cccc2-n2c3ccc(-c4ccc(C#N)cc4C#N)cc3c3cc(-c4ccc(C#N)cc4C#N)ccc32)c(C#N)c1. The minimum Gasteiger partial charge on any atom is -0.309 e. The van der Waals surface area contributed by atoms with Crippen LogP contribution in [0.1, 0.15) is 61.2 Å². The van der Waals surface area contributed by atoms with Gasteiger partial charge in [-0.3, -0.25) is 0 Å². The molecule has 0 saturated heterocycles. The molecule has 11 nitrogen and oxygen atoms in total. The zero-order chi connectivity index (χ0) is 65.9. The van der Waals surface area contributed by atoms with Gasteiger partial charge in [-0.25, -0.2) is 0 Å². The Labute approximate surface area is 530 Å². The first-order valence-corrected chi connectivity index (χ1v) is 28.4. The van der Waals surface area contributed by atoms with E-state index in [1.807, 2.05) is 16.7 Å². The van der Waals surface area contributed by atoms with E-state index in [1.165, 1.54) is 42.5 Å². The lowest BCUT2D eigenvalue weighted by atomic mass is 9.87. The first-order valence-electron chi connectivity index (χ1n) is 28.4. The molecule has 17 heteroatoms. The Hall–Kier alpha value is -14.0. The van der Waals surface area contributed by atoms with Crippen LogP contribution in [0.2, 0.25) is 0 Å². The average molecular weight is 1230 g/mol. The van der Waals surface area contributed by atoms with E-state index in [4.69, 9.17) is 0 Å². The quantitative estimate of drug-likeness (QED) is 0.132. The van der Waals surface area contributed by atoms with E-state index in [-0.39, 0.29) is 84.2 Å². The monoisotopic (exact) mass is 1230 g/mol. The Morgan fingerprint density at radius 2 is 0.564 bits per heavy atom. The van der Waals surface area contributed by atoms with Gasteiger partial charge in [0.25, 0.3) is 0 Å². The zero-order valence-corrected chi connectivity index (χ0v) is 48.2. The summed E-state index contributed by atoms with van der Waals surface area (Å²) in [7, 11) is 0. The molecule has 13 aromatic rings. The molecule has 2 aromatic heterocycles. The van der Waals surface area contributed by atoms with Crippen molar-refractivity contribution in [1.29, 1.82) is 47.4 Å². The molecule has 94 heavy (non-hydrogen) atoms. The van der Waals surface area contributed by atoms with Crippen molar-refractivity contribution in [2.75, 3.05) is 0 Å². The fourth-order valence-electron chi connectivity index (χ4n) is 12.5. The van der Waals surface area contributed by atoms with Crippen LogP contribution in [-0.4, -0.2) is 9.13 Å². The molecule has 11 aromatic carbocycles. The van der Waals surface area contributed by atoms with Gasteiger partial charge in [0, 0.05) is 32.7 Å². The number of benzene rings is 11. The summed E-state index contributed by atoms with van der Waals surface area (Å²) in [5, 5.41) is 94.4. The van der Waals surface area contributed by atoms with Crippen molar-refractivity contribution in [2.45, 2.75) is 12.4 Å². The van der Waals surface area contributed by atoms with Gasteiger partial charge in [0.2, 0.25) is 0 Å². The first-order chi connectivity index (χ1) is 45.4. The van der Waals surface area contributed by atoms with E-state index >= 15 is 26.3 Å². The maximum atomic E-state index is 15.2. The van der Waals surface area contributed by atoms with Crippen LogP contribution in [0.5, 0.6) is 0 Å². The standard InChI is InChI=1S/C77H33F6N11/c78-76(79,80)57-27-52(28-58(33-57)77(81,82)83)63-4-2-6-73(94-70-21-13-49(61-17-9-45(36-86)25-55(61)41-91)31-66(70)67-32-50(14-22-71(67)94)62-18-10-46(37-87)26-56(62)42-92)75(63)74-51(38-88)3-1-5-72(74)93-68-19-11-47(59-15-7-43(34-84)23-53(59)39-89)29-64(68)65-30-48(12-20-69(65)93)60-16-8-44(35-85)24-54(60)40-90/h1-33H. The maximum absolute atomic E-state index is 15.2. The summed E-state index contributed by atoms with van der Waals surface area (Å²) in [6.45, 7) is 0. The van der Waals surface area contributed by atoms with Crippen molar-refractivity contribution in [3.05, 3.63) is 261 Å². The summed E-state index contributed by atoms with van der Waals surface area (Å²) in [6.07, 6.45) is -10.6. The molecule has 0 bridgehead atoms. The van der Waals surface area contributed by atoms with Gasteiger partial charge in [-0.2, -0.15) is 73.7 Å². The molecule has 0 N–H and O–H groups in total. The number of rotatable bonds is 8.